The van der Waals surface area contributed by atoms with E-state index >= 15 is 0 Å². The van der Waals surface area contributed by atoms with E-state index in [1.165, 1.54) is 12.1 Å². The van der Waals surface area contributed by atoms with Crippen molar-refractivity contribution in [1.82, 2.24) is 4.72 Å². The lowest BCUT2D eigenvalue weighted by Crippen LogP contribution is -2.32. The summed E-state index contributed by atoms with van der Waals surface area (Å²) in [5.74, 6) is -0.0889. The summed E-state index contributed by atoms with van der Waals surface area (Å²) in [5, 5.41) is 9.28. The van der Waals surface area contributed by atoms with Crippen molar-refractivity contribution < 1.29 is 17.9 Å². The number of aliphatic hydroxyl groups is 1. The number of hydrogen-bond donors (Lipinski definition) is 2. The highest BCUT2D eigenvalue weighted by molar-refractivity contribution is 7.89. The largest absolute Gasteiger partial charge is 0.396 e. The number of nitrogens with one attached hydrogen (secondary N) is 1. The van der Waals surface area contributed by atoms with E-state index in [1.54, 1.807) is 13.8 Å². The second-order valence-electron chi connectivity index (χ2n) is 5.85. The van der Waals surface area contributed by atoms with E-state index in [2.05, 4.69) is 4.72 Å². The van der Waals surface area contributed by atoms with Gasteiger partial charge in [0.2, 0.25) is 10.0 Å². The van der Waals surface area contributed by atoms with E-state index in [0.717, 1.165) is 19.3 Å². The lowest BCUT2D eigenvalue weighted by atomic mass is 9.97. The Labute approximate surface area is 125 Å². The van der Waals surface area contributed by atoms with Crippen LogP contribution in [0, 0.1) is 31.5 Å². The molecule has 21 heavy (non-hydrogen) atoms. The number of hydrogen-bond acceptors (Lipinski definition) is 3. The van der Waals surface area contributed by atoms with E-state index < -0.39 is 15.8 Å². The molecule has 0 amide bonds. The first kappa shape index (κ1) is 16.4. The zero-order valence-corrected chi connectivity index (χ0v) is 13.2. The first-order valence-corrected chi connectivity index (χ1v) is 8.70. The van der Waals surface area contributed by atoms with E-state index in [1.807, 2.05) is 0 Å². The summed E-state index contributed by atoms with van der Waals surface area (Å²) < 4.78 is 40.8. The predicted molar refractivity (Wildman–Crippen MR) is 79.0 cm³/mol. The summed E-state index contributed by atoms with van der Waals surface area (Å²) in [7, 11) is -3.66. The van der Waals surface area contributed by atoms with Crippen molar-refractivity contribution in [3.05, 3.63) is 29.1 Å². The minimum absolute atomic E-state index is 0.0982. The van der Waals surface area contributed by atoms with Gasteiger partial charge in [-0.25, -0.2) is 17.5 Å². The van der Waals surface area contributed by atoms with Crippen molar-refractivity contribution in [1.29, 1.82) is 0 Å². The quantitative estimate of drug-likeness (QED) is 0.875. The highest BCUT2D eigenvalue weighted by Crippen LogP contribution is 2.31. The fourth-order valence-corrected chi connectivity index (χ4v) is 4.78. The molecule has 0 spiro atoms. The number of benzene rings is 1. The second-order valence-corrected chi connectivity index (χ2v) is 7.56. The van der Waals surface area contributed by atoms with Gasteiger partial charge in [-0.1, -0.05) is 6.42 Å². The fourth-order valence-electron chi connectivity index (χ4n) is 3.23. The normalized spacial score (nSPS) is 22.7. The molecule has 2 atom stereocenters. The molecule has 2 rings (SSSR count). The van der Waals surface area contributed by atoms with E-state index in [-0.39, 0.29) is 23.3 Å². The molecule has 0 bridgehead atoms. The Morgan fingerprint density at radius 3 is 2.38 bits per heavy atom. The molecule has 1 aliphatic rings. The maximum atomic E-state index is 13.3. The standard InChI is InChI=1S/C15H22FNO3S/c1-10-6-14(16)7-11(2)15(10)21(19,20)17-8-12-4-3-5-13(12)9-18/h6-7,12-13,17-18H,3-5,8-9H2,1-2H3. The van der Waals surface area contributed by atoms with Gasteiger partial charge in [0.25, 0.3) is 0 Å². The molecule has 1 aromatic carbocycles. The Balaban J connectivity index is 2.16. The van der Waals surface area contributed by atoms with E-state index in [4.69, 9.17) is 0 Å². The molecule has 0 saturated heterocycles. The molecule has 2 N–H and O–H groups in total. The summed E-state index contributed by atoms with van der Waals surface area (Å²) in [4.78, 5) is 0.155. The van der Waals surface area contributed by atoms with Gasteiger partial charge in [-0.15, -0.1) is 0 Å². The minimum Gasteiger partial charge on any atom is -0.396 e. The van der Waals surface area contributed by atoms with Gasteiger partial charge in [0.05, 0.1) is 4.90 Å². The van der Waals surface area contributed by atoms with Crippen molar-refractivity contribution in [2.75, 3.05) is 13.2 Å². The summed E-state index contributed by atoms with van der Waals surface area (Å²) in [6.45, 7) is 3.61. The van der Waals surface area contributed by atoms with Gasteiger partial charge in [-0.05, 0) is 61.8 Å². The van der Waals surface area contributed by atoms with Crippen LogP contribution in [0.1, 0.15) is 30.4 Å². The van der Waals surface area contributed by atoms with Crippen LogP contribution in [0.2, 0.25) is 0 Å². The van der Waals surface area contributed by atoms with Crippen molar-refractivity contribution in [3.8, 4) is 0 Å². The van der Waals surface area contributed by atoms with Gasteiger partial charge in [0, 0.05) is 13.2 Å². The molecule has 0 aromatic heterocycles. The second kappa shape index (κ2) is 6.42. The lowest BCUT2D eigenvalue weighted by Gasteiger charge is -2.19. The Morgan fingerprint density at radius 1 is 1.24 bits per heavy atom. The van der Waals surface area contributed by atoms with Crippen molar-refractivity contribution in [3.63, 3.8) is 0 Å². The molecular formula is C15H22FNO3S. The summed E-state index contributed by atoms with van der Waals surface area (Å²) in [6.07, 6.45) is 2.89. The third-order valence-corrected chi connectivity index (χ3v) is 6.01. The number of aryl methyl sites for hydroxylation is 2. The van der Waals surface area contributed by atoms with Crippen LogP contribution >= 0.6 is 0 Å². The number of rotatable bonds is 5. The molecule has 1 aromatic rings. The predicted octanol–water partition coefficient (Wildman–Crippen LogP) is 2.13. The van der Waals surface area contributed by atoms with Gasteiger partial charge in [-0.3, -0.25) is 0 Å². The van der Waals surface area contributed by atoms with Gasteiger partial charge in [-0.2, -0.15) is 0 Å². The zero-order valence-electron chi connectivity index (χ0n) is 12.4. The van der Waals surface area contributed by atoms with Gasteiger partial charge in [0.1, 0.15) is 5.82 Å². The van der Waals surface area contributed by atoms with Crippen LogP contribution in [0.25, 0.3) is 0 Å². The topological polar surface area (TPSA) is 66.4 Å². The van der Waals surface area contributed by atoms with Crippen LogP contribution in [-0.2, 0) is 10.0 Å². The lowest BCUT2D eigenvalue weighted by molar-refractivity contribution is 0.195. The maximum absolute atomic E-state index is 13.3. The molecule has 0 aliphatic heterocycles. The van der Waals surface area contributed by atoms with Crippen molar-refractivity contribution in [2.24, 2.45) is 11.8 Å². The minimum atomic E-state index is -3.66. The highest BCUT2D eigenvalue weighted by atomic mass is 32.2. The third kappa shape index (κ3) is 3.62. The molecule has 1 saturated carbocycles. The van der Waals surface area contributed by atoms with Crippen LogP contribution in [0.4, 0.5) is 4.39 Å². The Hall–Kier alpha value is -0.980. The molecule has 2 unspecified atom stereocenters. The van der Waals surface area contributed by atoms with Gasteiger partial charge < -0.3 is 5.11 Å². The van der Waals surface area contributed by atoms with E-state index in [9.17, 15) is 17.9 Å². The smallest absolute Gasteiger partial charge is 0.241 e. The molecular weight excluding hydrogens is 293 g/mol. The van der Waals surface area contributed by atoms with Crippen LogP contribution in [0.15, 0.2) is 17.0 Å². The Kier molecular flexibility index (Phi) is 5.01. The Bertz CT molecular complexity index is 592. The average molecular weight is 315 g/mol. The third-order valence-electron chi connectivity index (χ3n) is 4.28. The molecule has 0 radical (unpaired) electrons. The molecule has 1 fully saturated rings. The monoisotopic (exact) mass is 315 g/mol. The van der Waals surface area contributed by atoms with Crippen LogP contribution < -0.4 is 4.72 Å². The SMILES string of the molecule is Cc1cc(F)cc(C)c1S(=O)(=O)NCC1CCCC1CO. The molecule has 4 nitrogen and oxygen atoms in total. The maximum Gasteiger partial charge on any atom is 0.241 e. The molecule has 118 valence electrons. The summed E-state index contributed by atoms with van der Waals surface area (Å²) in [5.41, 5.74) is 0.815. The average Bonchev–Trinajstić information content (AvgIpc) is 2.82. The van der Waals surface area contributed by atoms with E-state index in [0.29, 0.717) is 17.7 Å². The van der Waals surface area contributed by atoms with Crippen LogP contribution in [-0.4, -0.2) is 26.7 Å². The van der Waals surface area contributed by atoms with Crippen LogP contribution in [0.3, 0.4) is 0 Å². The molecule has 6 heteroatoms. The van der Waals surface area contributed by atoms with Gasteiger partial charge in [0.15, 0.2) is 0 Å². The first-order valence-electron chi connectivity index (χ1n) is 7.22. The van der Waals surface area contributed by atoms with Crippen molar-refractivity contribution in [2.45, 2.75) is 38.0 Å². The summed E-state index contributed by atoms with van der Waals surface area (Å²) >= 11 is 0. The number of sulfonamides is 1. The summed E-state index contributed by atoms with van der Waals surface area (Å²) in [6, 6.07) is 2.46. The molecule has 1 aliphatic carbocycles. The van der Waals surface area contributed by atoms with Crippen LogP contribution in [0.5, 0.6) is 0 Å². The van der Waals surface area contributed by atoms with Crippen molar-refractivity contribution >= 4 is 10.0 Å². The highest BCUT2D eigenvalue weighted by Gasteiger charge is 2.29. The Morgan fingerprint density at radius 2 is 1.81 bits per heavy atom. The first-order chi connectivity index (χ1) is 9.85. The molecule has 0 heterocycles. The number of halogens is 1. The zero-order chi connectivity index (χ0) is 15.6. The fraction of sp³-hybridized carbons (Fsp3) is 0.600. The van der Waals surface area contributed by atoms with Gasteiger partial charge >= 0.3 is 0 Å². The number of aliphatic hydroxyl groups excluding tert-OH is 1.